The van der Waals surface area contributed by atoms with Crippen LogP contribution >= 0.6 is 15.9 Å². The molecule has 2 aromatic carbocycles. The lowest BCUT2D eigenvalue weighted by Gasteiger charge is -2.29. The lowest BCUT2D eigenvalue weighted by molar-refractivity contribution is -0.140. The third-order valence-electron chi connectivity index (χ3n) is 5.10. The number of rotatable bonds is 11. The van der Waals surface area contributed by atoms with Gasteiger partial charge in [0.25, 0.3) is 0 Å². The first-order valence-electron chi connectivity index (χ1n) is 10.5. The predicted octanol–water partition coefficient (Wildman–Crippen LogP) is 3.40. The van der Waals surface area contributed by atoms with Gasteiger partial charge in [0.05, 0.1) is 4.90 Å². The van der Waals surface area contributed by atoms with Crippen LogP contribution in [0.4, 0.5) is 0 Å². The number of hydrogen-bond donors (Lipinski definition) is 1. The maximum atomic E-state index is 13.0. The van der Waals surface area contributed by atoms with Crippen LogP contribution in [0.2, 0.25) is 0 Å². The summed E-state index contributed by atoms with van der Waals surface area (Å²) in [5, 5.41) is 2.76. The number of likely N-dealkylation sites (N-methyl/N-ethyl adjacent to an activating group) is 1. The summed E-state index contributed by atoms with van der Waals surface area (Å²) in [4.78, 5) is 27.2. The predicted molar refractivity (Wildman–Crippen MR) is 128 cm³/mol. The van der Waals surface area contributed by atoms with Crippen LogP contribution in [-0.4, -0.2) is 55.6 Å². The Labute approximate surface area is 199 Å². The highest BCUT2D eigenvalue weighted by atomic mass is 79.9. The SMILES string of the molecule is CCNC(=O)C(C)N(Cc1ccc(Br)cc1)C(=O)CCCN(C)S(=O)(=O)c1ccccc1. The quantitative estimate of drug-likeness (QED) is 0.488. The van der Waals surface area contributed by atoms with Crippen molar-refractivity contribution < 1.29 is 18.0 Å². The average Bonchev–Trinajstić information content (AvgIpc) is 2.78. The highest BCUT2D eigenvalue weighted by Gasteiger charge is 2.26. The lowest BCUT2D eigenvalue weighted by atomic mass is 10.1. The minimum Gasteiger partial charge on any atom is -0.355 e. The Balaban J connectivity index is 2.05. The smallest absolute Gasteiger partial charge is 0.242 e. The summed E-state index contributed by atoms with van der Waals surface area (Å²) in [6.45, 7) is 4.50. The normalized spacial score (nSPS) is 12.4. The molecule has 0 saturated carbocycles. The molecule has 0 fully saturated rings. The van der Waals surface area contributed by atoms with Gasteiger partial charge < -0.3 is 10.2 Å². The summed E-state index contributed by atoms with van der Waals surface area (Å²) >= 11 is 3.40. The molecule has 174 valence electrons. The van der Waals surface area contributed by atoms with E-state index in [0.717, 1.165) is 10.0 Å². The summed E-state index contributed by atoms with van der Waals surface area (Å²) in [5.41, 5.74) is 0.904. The van der Waals surface area contributed by atoms with Crippen molar-refractivity contribution in [2.75, 3.05) is 20.1 Å². The first kappa shape index (κ1) is 26.0. The molecular formula is C23H30BrN3O4S. The van der Waals surface area contributed by atoms with Gasteiger partial charge in [-0.2, -0.15) is 0 Å². The Morgan fingerprint density at radius 3 is 2.28 bits per heavy atom. The van der Waals surface area contributed by atoms with Crippen molar-refractivity contribution in [3.05, 3.63) is 64.6 Å². The summed E-state index contributed by atoms with van der Waals surface area (Å²) in [6.07, 6.45) is 0.481. The van der Waals surface area contributed by atoms with Crippen molar-refractivity contribution in [2.45, 2.75) is 44.2 Å². The maximum absolute atomic E-state index is 13.0. The average molecular weight is 524 g/mol. The first-order chi connectivity index (χ1) is 15.2. The third kappa shape index (κ3) is 7.15. The van der Waals surface area contributed by atoms with Crippen LogP contribution in [-0.2, 0) is 26.2 Å². The molecule has 0 heterocycles. The second kappa shape index (κ2) is 12.1. The summed E-state index contributed by atoms with van der Waals surface area (Å²) in [5.74, 6) is -0.418. The first-order valence-corrected chi connectivity index (χ1v) is 12.7. The molecule has 0 aromatic heterocycles. The molecular weight excluding hydrogens is 494 g/mol. The topological polar surface area (TPSA) is 86.8 Å². The molecule has 0 aliphatic carbocycles. The highest BCUT2D eigenvalue weighted by Crippen LogP contribution is 2.17. The Bertz CT molecular complexity index is 998. The number of nitrogens with zero attached hydrogens (tertiary/aromatic N) is 2. The molecule has 2 amide bonds. The van der Waals surface area contributed by atoms with Gasteiger partial charge in [0.15, 0.2) is 0 Å². The van der Waals surface area contributed by atoms with Crippen LogP contribution < -0.4 is 5.32 Å². The molecule has 1 atom stereocenters. The van der Waals surface area contributed by atoms with Gasteiger partial charge in [-0.05, 0) is 50.1 Å². The van der Waals surface area contributed by atoms with Crippen molar-refractivity contribution in [3.63, 3.8) is 0 Å². The zero-order chi connectivity index (χ0) is 23.7. The van der Waals surface area contributed by atoms with Crippen molar-refractivity contribution in [2.24, 2.45) is 0 Å². The van der Waals surface area contributed by atoms with Gasteiger partial charge in [-0.25, -0.2) is 12.7 Å². The van der Waals surface area contributed by atoms with E-state index < -0.39 is 16.1 Å². The molecule has 0 radical (unpaired) electrons. The monoisotopic (exact) mass is 523 g/mol. The molecule has 9 heteroatoms. The van der Waals surface area contributed by atoms with E-state index in [1.807, 2.05) is 31.2 Å². The molecule has 2 aromatic rings. The standard InChI is InChI=1S/C23H30BrN3O4S/c1-4-25-23(29)18(2)27(17-19-12-14-20(24)15-13-19)22(28)11-8-16-26(3)32(30,31)21-9-6-5-7-10-21/h5-7,9-10,12-15,18H,4,8,11,16-17H2,1-3H3,(H,25,29). The van der Waals surface area contributed by atoms with Gasteiger partial charge in [0.1, 0.15) is 6.04 Å². The molecule has 0 aliphatic heterocycles. The number of carbonyl (C=O) groups excluding carboxylic acids is 2. The number of hydrogen-bond acceptors (Lipinski definition) is 4. The molecule has 1 unspecified atom stereocenters. The fourth-order valence-corrected chi connectivity index (χ4v) is 4.67. The second-order valence-electron chi connectivity index (χ2n) is 7.46. The lowest BCUT2D eigenvalue weighted by Crippen LogP contribution is -2.47. The molecule has 0 bridgehead atoms. The molecule has 2 rings (SSSR count). The van der Waals surface area contributed by atoms with Crippen LogP contribution in [0.5, 0.6) is 0 Å². The Hall–Kier alpha value is -2.23. The number of sulfonamides is 1. The van der Waals surface area contributed by atoms with Crippen LogP contribution in [0.25, 0.3) is 0 Å². The fraction of sp³-hybridized carbons (Fsp3) is 0.391. The number of benzene rings is 2. The largest absolute Gasteiger partial charge is 0.355 e. The Morgan fingerprint density at radius 1 is 1.06 bits per heavy atom. The Kier molecular flexibility index (Phi) is 9.86. The third-order valence-corrected chi connectivity index (χ3v) is 7.50. The van der Waals surface area contributed by atoms with E-state index in [1.165, 1.54) is 11.4 Å². The van der Waals surface area contributed by atoms with E-state index in [4.69, 9.17) is 0 Å². The number of nitrogens with one attached hydrogen (secondary N) is 1. The summed E-state index contributed by atoms with van der Waals surface area (Å²) < 4.78 is 27.5. The van der Waals surface area contributed by atoms with Gasteiger partial charge in [-0.15, -0.1) is 0 Å². The van der Waals surface area contributed by atoms with Crippen LogP contribution in [0, 0.1) is 0 Å². The van der Waals surface area contributed by atoms with Crippen LogP contribution in [0.3, 0.4) is 0 Å². The van der Waals surface area contributed by atoms with E-state index in [-0.39, 0.29) is 29.7 Å². The number of halogens is 1. The van der Waals surface area contributed by atoms with Crippen molar-refractivity contribution in [1.82, 2.24) is 14.5 Å². The van der Waals surface area contributed by atoms with E-state index >= 15 is 0 Å². The van der Waals surface area contributed by atoms with Gasteiger partial charge in [-0.3, -0.25) is 9.59 Å². The van der Waals surface area contributed by atoms with Crippen molar-refractivity contribution >= 4 is 37.8 Å². The van der Waals surface area contributed by atoms with E-state index in [0.29, 0.717) is 19.5 Å². The zero-order valence-corrected chi connectivity index (χ0v) is 21.0. The van der Waals surface area contributed by atoms with Crippen molar-refractivity contribution in [1.29, 1.82) is 0 Å². The fourth-order valence-electron chi connectivity index (χ4n) is 3.18. The van der Waals surface area contributed by atoms with Gasteiger partial charge in [-0.1, -0.05) is 46.3 Å². The van der Waals surface area contributed by atoms with Crippen molar-refractivity contribution in [3.8, 4) is 0 Å². The minimum absolute atomic E-state index is 0.134. The minimum atomic E-state index is -3.61. The van der Waals surface area contributed by atoms with Gasteiger partial charge in [0.2, 0.25) is 21.8 Å². The molecule has 7 nitrogen and oxygen atoms in total. The molecule has 0 aliphatic rings. The maximum Gasteiger partial charge on any atom is 0.242 e. The van der Waals surface area contributed by atoms with Crippen LogP contribution in [0.15, 0.2) is 64.0 Å². The number of carbonyl (C=O) groups is 2. The van der Waals surface area contributed by atoms with E-state index in [1.54, 1.807) is 42.2 Å². The van der Waals surface area contributed by atoms with Gasteiger partial charge >= 0.3 is 0 Å². The molecule has 0 saturated heterocycles. The molecule has 32 heavy (non-hydrogen) atoms. The molecule has 0 spiro atoms. The van der Waals surface area contributed by atoms with Crippen LogP contribution in [0.1, 0.15) is 32.3 Å². The summed E-state index contributed by atoms with van der Waals surface area (Å²) in [6, 6.07) is 15.1. The molecule has 1 N–H and O–H groups in total. The summed E-state index contributed by atoms with van der Waals surface area (Å²) in [7, 11) is -2.10. The van der Waals surface area contributed by atoms with E-state index in [9.17, 15) is 18.0 Å². The highest BCUT2D eigenvalue weighted by molar-refractivity contribution is 9.10. The Morgan fingerprint density at radius 2 is 1.69 bits per heavy atom. The van der Waals surface area contributed by atoms with E-state index in [2.05, 4.69) is 21.2 Å². The van der Waals surface area contributed by atoms with Gasteiger partial charge in [0, 0.05) is 37.6 Å². The second-order valence-corrected chi connectivity index (χ2v) is 10.4. The number of amides is 2. The zero-order valence-electron chi connectivity index (χ0n) is 18.6.